The van der Waals surface area contributed by atoms with Gasteiger partial charge in [0.1, 0.15) is 85.4 Å². The molecule has 4 aliphatic heterocycles. The molecule has 3 aliphatic carbocycles. The van der Waals surface area contributed by atoms with Crippen molar-refractivity contribution in [3.8, 4) is 0 Å². The molecule has 0 aromatic heterocycles. The van der Waals surface area contributed by atoms with E-state index in [0.29, 0.717) is 44.1 Å². The van der Waals surface area contributed by atoms with Gasteiger partial charge < -0.3 is 136 Å². The summed E-state index contributed by atoms with van der Waals surface area (Å²) in [5.74, 6) is -21.7. The Morgan fingerprint density at radius 2 is 1.18 bits per heavy atom. The number of aliphatic hydroxyl groups is 9. The molecule has 43 heteroatoms. The number of alkyl halides is 1. The lowest BCUT2D eigenvalue weighted by molar-refractivity contribution is -0.968. The molecular weight excluding hydrogens is 1620 g/mol. The number of amides is 14. The number of ether oxygens (including phenoxy) is 1. The minimum atomic E-state index is -2.69. The van der Waals surface area contributed by atoms with E-state index in [2.05, 4.69) is 79.7 Å². The fourth-order valence-electron chi connectivity index (χ4n) is 16.2. The Morgan fingerprint density at radius 3 is 1.81 bits per heavy atom. The number of carboxylic acid groups (broad SMARTS) is 1. The molecular formula is C75H119BrN16O26. The van der Waals surface area contributed by atoms with Gasteiger partial charge in [0.15, 0.2) is 12.2 Å². The summed E-state index contributed by atoms with van der Waals surface area (Å²) in [6, 6.07) is -23.3. The fourth-order valence-corrected chi connectivity index (χ4v) is 16.7. The number of hydrogen-bond donors (Lipinski definition) is 24. The van der Waals surface area contributed by atoms with Crippen LogP contribution < -0.4 is 85.3 Å². The molecule has 26 N–H and O–H groups in total. The fraction of sp³-hybridized carbons (Fsp3) is 0.747. The summed E-state index contributed by atoms with van der Waals surface area (Å²) in [6.07, 6.45) is -5.25. The number of aliphatic hydroxyl groups excluding tert-OH is 9. The van der Waals surface area contributed by atoms with Crippen LogP contribution in [-0.2, 0) is 76.7 Å². The van der Waals surface area contributed by atoms with Gasteiger partial charge in [0.05, 0.1) is 69.6 Å². The Kier molecular flexibility index (Phi) is 38.0. The zero-order valence-corrected chi connectivity index (χ0v) is 68.0. The number of nitrogens with one attached hydrogen (secondary N) is 13. The van der Waals surface area contributed by atoms with Crippen LogP contribution in [0.5, 0.6) is 0 Å². The van der Waals surface area contributed by atoms with Crippen molar-refractivity contribution in [2.45, 2.75) is 282 Å². The molecule has 7 rings (SSSR count). The van der Waals surface area contributed by atoms with Gasteiger partial charge in [-0.05, 0) is 95.3 Å². The van der Waals surface area contributed by atoms with Crippen LogP contribution >= 0.6 is 15.9 Å². The molecule has 14 amide bonds. The molecule has 118 heavy (non-hydrogen) atoms. The number of nitrogens with two attached hydrogens (primary N) is 2. The van der Waals surface area contributed by atoms with Crippen LogP contribution in [0.25, 0.3) is 0 Å². The van der Waals surface area contributed by atoms with Crippen molar-refractivity contribution in [1.29, 1.82) is 0 Å². The predicted octanol–water partition coefficient (Wildman–Crippen LogP) is -11.4. The van der Waals surface area contributed by atoms with Crippen LogP contribution in [0, 0.1) is 23.7 Å². The number of quaternary nitrogens is 1. The summed E-state index contributed by atoms with van der Waals surface area (Å²) in [5, 5.41) is 142. The molecule has 4 heterocycles. The number of carbonyl (C=O) groups excluding carboxylic acids is 15. The molecule has 0 radical (unpaired) electrons. The highest BCUT2D eigenvalue weighted by Crippen LogP contribution is 2.35. The molecule has 23 atom stereocenters. The van der Waals surface area contributed by atoms with E-state index in [1.54, 1.807) is 19.9 Å². The van der Waals surface area contributed by atoms with Gasteiger partial charge in [0, 0.05) is 30.6 Å². The van der Waals surface area contributed by atoms with Crippen molar-refractivity contribution in [3.05, 3.63) is 23.8 Å². The molecule has 23 unspecified atom stereocenters. The second-order valence-electron chi connectivity index (χ2n) is 32.2. The zero-order chi connectivity index (χ0) is 86.9. The number of aliphatic carboxylic acids is 1. The average molecular weight is 1740 g/mol. The van der Waals surface area contributed by atoms with E-state index >= 15 is 9.59 Å². The summed E-state index contributed by atoms with van der Waals surface area (Å²) in [6.45, 7) is -1.55. The molecule has 0 aromatic rings. The van der Waals surface area contributed by atoms with Gasteiger partial charge in [-0.25, -0.2) is 4.90 Å². The van der Waals surface area contributed by atoms with Crippen molar-refractivity contribution >= 4 is 105 Å². The standard InChI is InChI=1S/C75H119BrN16O26/c1-35(23-38-11-6-4-7-12-38)17-22-51(96)44-27-56(101)81-49(31-93)68(110)86-48-30-91-29-42(92(34-91)74-62(104)60(102)53(98)33-118-74)25-46(65(107)89-58(37(3)95)72(114)87-50(32-94)69(111)84-45(64(106)83-44)24-39-13-8-5-9-14-39)80-55(100)16-10-15-43(75(116)117)82-70(112)52(97)28-79-71(113)57(36(2)40-18-20-41(76)21-19-40)88-73(115)59(61(103)63(78)105)90-66(108)47(26-54(77)99)85-67(48)109/h17,22-23,36-53,57-62,74,93-98,102-104H,4-16,18-21,24-34H2,1-3H3,(H2,77,99)(H2,78,105)(H,79,113)(H,80,100)(H,81,101)(H,82,112)(H,83,106)(H,84,111)(H,85,109)(H,86,110)(H,87,114)(H,88,115)(H,89,107)(H,90,108)(H,116,117). The number of halogens is 1. The van der Waals surface area contributed by atoms with Gasteiger partial charge in [-0.15, -0.1) is 0 Å². The van der Waals surface area contributed by atoms with E-state index < -0.39 is 301 Å². The molecule has 7 aliphatic rings. The first-order chi connectivity index (χ1) is 55.9. The number of nitrogens with zero attached hydrogens (tertiary/aromatic N) is 1. The number of allylic oxidation sites excluding steroid dienone is 3. The van der Waals surface area contributed by atoms with Gasteiger partial charge >= 0.3 is 0 Å². The van der Waals surface area contributed by atoms with E-state index in [1.165, 1.54) is 11.0 Å². The van der Waals surface area contributed by atoms with Crippen molar-refractivity contribution in [2.75, 3.05) is 46.1 Å². The zero-order valence-electron chi connectivity index (χ0n) is 66.4. The maximum Gasteiger partial charge on any atom is 0.251 e. The van der Waals surface area contributed by atoms with Gasteiger partial charge in [-0.2, -0.15) is 0 Å². The smallest absolute Gasteiger partial charge is 0.251 e. The maximum atomic E-state index is 15.4. The predicted molar refractivity (Wildman–Crippen MR) is 413 cm³/mol. The highest BCUT2D eigenvalue weighted by atomic mass is 79.9. The lowest BCUT2D eigenvalue weighted by Crippen LogP contribution is -3.20. The van der Waals surface area contributed by atoms with Gasteiger partial charge in [0.25, 0.3) is 5.91 Å². The topological polar surface area (TPSA) is 674 Å². The van der Waals surface area contributed by atoms with Crippen LogP contribution in [0.15, 0.2) is 23.8 Å². The van der Waals surface area contributed by atoms with Crippen molar-refractivity contribution in [1.82, 2.24) is 68.7 Å². The lowest BCUT2D eigenvalue weighted by Gasteiger charge is -2.39. The van der Waals surface area contributed by atoms with E-state index in [1.807, 2.05) is 6.08 Å². The largest absolute Gasteiger partial charge is 0.548 e. The Morgan fingerprint density at radius 1 is 0.602 bits per heavy atom. The normalized spacial score (nSPS) is 34.6. The highest BCUT2D eigenvalue weighted by Gasteiger charge is 2.52. The number of carboxylic acids is 1. The summed E-state index contributed by atoms with van der Waals surface area (Å²) in [5.41, 5.74) is 11.9. The summed E-state index contributed by atoms with van der Waals surface area (Å²) < 4.78 is 5.93. The number of fused-ring (bicyclic) bond motifs is 2. The molecule has 0 aromatic carbocycles. The molecule has 4 bridgehead atoms. The quantitative estimate of drug-likeness (QED) is 0.0475. The van der Waals surface area contributed by atoms with Crippen molar-refractivity contribution < 1.29 is 133 Å². The molecule has 0 spiro atoms. The molecule has 662 valence electrons. The first kappa shape index (κ1) is 96.7. The summed E-state index contributed by atoms with van der Waals surface area (Å²) >= 11 is 3.57. The minimum absolute atomic E-state index is 0.0114. The summed E-state index contributed by atoms with van der Waals surface area (Å²) in [7, 11) is 0. The lowest BCUT2D eigenvalue weighted by atomic mass is 9.77. The molecule has 42 nitrogen and oxygen atoms in total. The average Bonchev–Trinajstić information content (AvgIpc) is 1.61. The third-order valence-electron chi connectivity index (χ3n) is 23.1. The first-order valence-corrected chi connectivity index (χ1v) is 41.3. The third kappa shape index (κ3) is 28.6. The second kappa shape index (κ2) is 46.4. The van der Waals surface area contributed by atoms with Gasteiger partial charge in [-0.3, -0.25) is 72.0 Å². The number of carbonyl (C=O) groups is 15. The third-order valence-corrected chi connectivity index (χ3v) is 24.0. The van der Waals surface area contributed by atoms with Crippen LogP contribution in [0.4, 0.5) is 0 Å². The van der Waals surface area contributed by atoms with E-state index in [0.717, 1.165) is 58.3 Å². The first-order valence-electron chi connectivity index (χ1n) is 40.4. The SMILES string of the molecule is CC(C=CC(O)C1CC(=O)NC(CO)C(=O)NC2CN3CC(CC(NC(=O)CCCC(C(=O)[O-])NC(=O)C(O)CNC(=O)C(C(C)C4CCC(Br)CC4)NC(=O)C(C(O)C(N)=O)NC(=O)C(CC(N)=O)NC2=O)C(=O)NC(C(C)O)C(=O)NC(CO)C(=O)NC(CC2CCCCC2)C(=O)N1)[NH+](C1OCC(O)C(O)C1O)C3)=CC1CCCCC1. The Balaban J connectivity index is 1.39. The molecule has 7 fully saturated rings. The van der Waals surface area contributed by atoms with Crippen LogP contribution in [0.3, 0.4) is 0 Å². The number of rotatable bonds is 17. The van der Waals surface area contributed by atoms with Crippen molar-refractivity contribution in [3.63, 3.8) is 0 Å². The number of β-amino-alcohol motifs (C(OH)–C–C–N with tert-alkyl or cyclic N) is 1. The second-order valence-corrected chi connectivity index (χ2v) is 33.5. The summed E-state index contributed by atoms with van der Waals surface area (Å²) in [4.78, 5) is 216. The van der Waals surface area contributed by atoms with Crippen molar-refractivity contribution in [2.24, 2.45) is 35.1 Å². The van der Waals surface area contributed by atoms with Crippen LogP contribution in [0.2, 0.25) is 0 Å². The van der Waals surface area contributed by atoms with Gasteiger partial charge in [-0.1, -0.05) is 98.0 Å². The van der Waals surface area contributed by atoms with Gasteiger partial charge in [0.2, 0.25) is 83.0 Å². The monoisotopic (exact) mass is 1740 g/mol. The van der Waals surface area contributed by atoms with Crippen LogP contribution in [-0.4, -0.2) is 312 Å². The Labute approximate surface area is 689 Å². The molecule has 3 saturated carbocycles. The minimum Gasteiger partial charge on any atom is -0.548 e. The number of hydrogen-bond acceptors (Lipinski definition) is 27. The van der Waals surface area contributed by atoms with E-state index in [-0.39, 0.29) is 33.9 Å². The highest BCUT2D eigenvalue weighted by molar-refractivity contribution is 9.09. The molecule has 4 saturated heterocycles. The van der Waals surface area contributed by atoms with E-state index in [4.69, 9.17) is 16.2 Å². The maximum absolute atomic E-state index is 15.4. The Bertz CT molecular complexity index is 3580. The Hall–Kier alpha value is -8.47. The van der Waals surface area contributed by atoms with Crippen LogP contribution in [0.1, 0.15) is 156 Å². The van der Waals surface area contributed by atoms with E-state index in [9.17, 15) is 113 Å². The number of primary amides is 2.